The Hall–Kier alpha value is -3.35. The summed E-state index contributed by atoms with van der Waals surface area (Å²) in [5.41, 5.74) is 2.80. The van der Waals surface area contributed by atoms with E-state index in [0.717, 1.165) is 47.7 Å². The number of amides is 1. The number of piperidine rings is 1. The van der Waals surface area contributed by atoms with E-state index < -0.39 is 6.43 Å². The Kier molecular flexibility index (Phi) is 8.53. The molecular formula is C30H34F2N4O2S. The number of halogens is 2. The summed E-state index contributed by atoms with van der Waals surface area (Å²) >= 11 is 1.48. The van der Waals surface area contributed by atoms with Gasteiger partial charge in [-0.1, -0.05) is 24.0 Å². The van der Waals surface area contributed by atoms with E-state index >= 15 is 0 Å². The highest BCUT2D eigenvalue weighted by atomic mass is 32.1. The first-order chi connectivity index (χ1) is 19.0. The number of ether oxygens (including phenoxy) is 1. The number of alkyl halides is 2. The number of fused-ring (bicyclic) bond motifs is 1. The van der Waals surface area contributed by atoms with Crippen molar-refractivity contribution in [3.8, 4) is 17.6 Å². The van der Waals surface area contributed by atoms with Crippen molar-refractivity contribution in [3.63, 3.8) is 0 Å². The number of hydrogen-bond acceptors (Lipinski definition) is 6. The van der Waals surface area contributed by atoms with Gasteiger partial charge in [-0.3, -0.25) is 4.79 Å². The molecule has 2 aliphatic rings. The maximum absolute atomic E-state index is 13.6. The monoisotopic (exact) mass is 552 g/mol. The second kappa shape index (κ2) is 12.2. The van der Waals surface area contributed by atoms with E-state index in [9.17, 15) is 13.6 Å². The number of nitrogens with zero attached hydrogens (tertiary/aromatic N) is 1. The van der Waals surface area contributed by atoms with Crippen molar-refractivity contribution in [2.24, 2.45) is 0 Å². The van der Waals surface area contributed by atoms with Gasteiger partial charge in [-0.05, 0) is 60.9 Å². The van der Waals surface area contributed by atoms with Crippen LogP contribution in [0.5, 0.6) is 5.75 Å². The molecule has 1 aliphatic heterocycles. The second-order valence-corrected chi connectivity index (χ2v) is 11.0. The first kappa shape index (κ1) is 27.2. The molecule has 0 spiro atoms. The van der Waals surface area contributed by atoms with E-state index in [-0.39, 0.29) is 12.3 Å². The van der Waals surface area contributed by atoms with Gasteiger partial charge in [0.25, 0.3) is 5.91 Å². The van der Waals surface area contributed by atoms with Crippen molar-refractivity contribution >= 4 is 38.7 Å². The lowest BCUT2D eigenvalue weighted by atomic mass is 10.0. The highest BCUT2D eigenvalue weighted by molar-refractivity contribution is 7.20. The molecule has 2 aromatic carbocycles. The number of likely N-dealkylation sites (tertiary alicyclic amines) is 1. The van der Waals surface area contributed by atoms with Crippen molar-refractivity contribution in [1.82, 2.24) is 10.2 Å². The van der Waals surface area contributed by atoms with Crippen LogP contribution >= 0.6 is 11.3 Å². The van der Waals surface area contributed by atoms with Gasteiger partial charge in [-0.2, -0.15) is 0 Å². The molecule has 0 radical (unpaired) electrons. The summed E-state index contributed by atoms with van der Waals surface area (Å²) in [6, 6.07) is 12.2. The zero-order valence-corrected chi connectivity index (χ0v) is 23.1. The van der Waals surface area contributed by atoms with Crippen molar-refractivity contribution in [3.05, 3.63) is 52.4 Å². The van der Waals surface area contributed by atoms with Crippen LogP contribution in [-0.4, -0.2) is 63.1 Å². The van der Waals surface area contributed by atoms with Crippen LogP contribution in [0.25, 0.3) is 10.1 Å². The van der Waals surface area contributed by atoms with Crippen LogP contribution in [0.2, 0.25) is 0 Å². The molecule has 1 saturated carbocycles. The number of benzene rings is 2. The van der Waals surface area contributed by atoms with Crippen LogP contribution in [0.3, 0.4) is 0 Å². The van der Waals surface area contributed by atoms with E-state index in [4.69, 9.17) is 4.74 Å². The molecule has 0 unspecified atom stereocenters. The average molecular weight is 553 g/mol. The topological polar surface area (TPSA) is 65.6 Å². The van der Waals surface area contributed by atoms with E-state index in [1.165, 1.54) is 31.3 Å². The first-order valence-corrected chi connectivity index (χ1v) is 14.2. The lowest BCUT2D eigenvalue weighted by Crippen LogP contribution is -2.40. The molecule has 3 aromatic rings. The lowest BCUT2D eigenvalue weighted by Gasteiger charge is -2.33. The summed E-state index contributed by atoms with van der Waals surface area (Å²) in [5, 5.41) is 10.4. The molecule has 0 bridgehead atoms. The number of thiophene rings is 1. The minimum atomic E-state index is -2.45. The SMILES string of the molecule is CNC(=O)c1ccc(NCC#Cc2sc3c(NC4CCN(C5CC5)CC4)cccc3c2CC(F)F)c(OC)c1. The van der Waals surface area contributed by atoms with Crippen LogP contribution in [0, 0.1) is 11.8 Å². The summed E-state index contributed by atoms with van der Waals surface area (Å²) in [4.78, 5) is 15.2. The van der Waals surface area contributed by atoms with Crippen molar-refractivity contribution < 1.29 is 18.3 Å². The van der Waals surface area contributed by atoms with Gasteiger partial charge in [0.05, 0.1) is 34.6 Å². The number of rotatable bonds is 9. The van der Waals surface area contributed by atoms with E-state index in [0.29, 0.717) is 40.0 Å². The van der Waals surface area contributed by atoms with Crippen LogP contribution in [0.1, 0.15) is 46.5 Å². The molecule has 206 valence electrons. The number of carbonyl (C=O) groups excluding carboxylic acids is 1. The fraction of sp³-hybridized carbons (Fsp3) is 0.433. The van der Waals surface area contributed by atoms with E-state index in [2.05, 4.69) is 32.7 Å². The molecule has 2 heterocycles. The zero-order valence-electron chi connectivity index (χ0n) is 22.3. The first-order valence-electron chi connectivity index (χ1n) is 13.4. The van der Waals surface area contributed by atoms with Gasteiger partial charge in [-0.25, -0.2) is 8.78 Å². The molecule has 39 heavy (non-hydrogen) atoms. The van der Waals surface area contributed by atoms with Crippen LogP contribution in [-0.2, 0) is 6.42 Å². The average Bonchev–Trinajstić information content (AvgIpc) is 3.74. The van der Waals surface area contributed by atoms with E-state index in [1.807, 2.05) is 18.2 Å². The summed E-state index contributed by atoms with van der Waals surface area (Å²) in [6.45, 7) is 2.52. The van der Waals surface area contributed by atoms with Gasteiger partial charge in [0, 0.05) is 44.2 Å². The smallest absolute Gasteiger partial charge is 0.251 e. The zero-order chi connectivity index (χ0) is 27.4. The molecule has 5 rings (SSSR count). The maximum Gasteiger partial charge on any atom is 0.251 e. The second-order valence-electron chi connectivity index (χ2n) is 10.0. The predicted octanol–water partition coefficient (Wildman–Crippen LogP) is 5.58. The van der Waals surface area contributed by atoms with Gasteiger partial charge >= 0.3 is 0 Å². The number of hydrogen-bond donors (Lipinski definition) is 3. The Morgan fingerprint density at radius 3 is 2.64 bits per heavy atom. The van der Waals surface area contributed by atoms with Gasteiger partial charge < -0.3 is 25.6 Å². The summed E-state index contributed by atoms with van der Waals surface area (Å²) in [6.07, 6.45) is 2.07. The molecule has 3 N–H and O–H groups in total. The van der Waals surface area contributed by atoms with Crippen molar-refractivity contribution in [2.75, 3.05) is 44.4 Å². The third-order valence-corrected chi connectivity index (χ3v) is 8.59. The molecule has 6 nitrogen and oxygen atoms in total. The van der Waals surface area contributed by atoms with Crippen LogP contribution in [0.15, 0.2) is 36.4 Å². The highest BCUT2D eigenvalue weighted by Gasteiger charge is 2.32. The Labute approximate surface area is 232 Å². The van der Waals surface area contributed by atoms with Crippen LogP contribution in [0.4, 0.5) is 20.2 Å². The minimum Gasteiger partial charge on any atom is -0.495 e. The third-order valence-electron chi connectivity index (χ3n) is 7.39. The number of nitrogens with one attached hydrogen (secondary N) is 3. The third kappa shape index (κ3) is 6.45. The lowest BCUT2D eigenvalue weighted by molar-refractivity contribution is 0.0962. The fourth-order valence-electron chi connectivity index (χ4n) is 5.20. The maximum atomic E-state index is 13.6. The quantitative estimate of drug-likeness (QED) is 0.303. The van der Waals surface area contributed by atoms with Crippen molar-refractivity contribution in [1.29, 1.82) is 0 Å². The Balaban J connectivity index is 1.32. The molecule has 1 amide bonds. The molecule has 9 heteroatoms. The summed E-state index contributed by atoms with van der Waals surface area (Å²) in [7, 11) is 3.11. The summed E-state index contributed by atoms with van der Waals surface area (Å²) < 4.78 is 33.6. The van der Waals surface area contributed by atoms with Gasteiger partial charge in [0.15, 0.2) is 0 Å². The predicted molar refractivity (Wildman–Crippen MR) is 155 cm³/mol. The van der Waals surface area contributed by atoms with Crippen molar-refractivity contribution in [2.45, 2.75) is 50.6 Å². The fourth-order valence-corrected chi connectivity index (χ4v) is 6.38. The number of methoxy groups -OCH3 is 1. The molecular weight excluding hydrogens is 518 g/mol. The molecule has 1 aliphatic carbocycles. The Bertz CT molecular complexity index is 1380. The Morgan fingerprint density at radius 2 is 1.95 bits per heavy atom. The van der Waals surface area contributed by atoms with E-state index in [1.54, 1.807) is 25.2 Å². The Morgan fingerprint density at radius 1 is 1.15 bits per heavy atom. The molecule has 2 fully saturated rings. The van der Waals surface area contributed by atoms with Crippen LogP contribution < -0.4 is 20.7 Å². The number of carbonyl (C=O) groups is 1. The van der Waals surface area contributed by atoms with Gasteiger partial charge in [0.2, 0.25) is 6.43 Å². The molecule has 1 saturated heterocycles. The summed E-state index contributed by atoms with van der Waals surface area (Å²) in [5.74, 6) is 6.56. The number of anilines is 2. The standard InChI is InChI=1S/C30H34F2N4O2S/c1-33-30(37)19-8-11-24(26(17-19)38-2)34-14-4-7-27-23(18-28(31)32)22-5-3-6-25(29(22)39-27)35-20-12-15-36(16-13-20)21-9-10-21/h3,5-6,8,11,17,20-21,28,34-35H,9-10,12-16,18H2,1-2H3,(H,33,37). The highest BCUT2D eigenvalue weighted by Crippen LogP contribution is 2.38. The van der Waals surface area contributed by atoms with Gasteiger partial charge in [-0.15, -0.1) is 11.3 Å². The molecule has 0 atom stereocenters. The normalized spacial score (nSPS) is 16.1. The largest absolute Gasteiger partial charge is 0.495 e. The molecule has 1 aromatic heterocycles. The minimum absolute atomic E-state index is 0.200. The van der Waals surface area contributed by atoms with Gasteiger partial charge in [0.1, 0.15) is 5.75 Å².